The van der Waals surface area contributed by atoms with Crippen molar-refractivity contribution in [3.63, 3.8) is 0 Å². The molecule has 0 aromatic heterocycles. The molecule has 23 heavy (non-hydrogen) atoms. The number of urea groups is 1. The van der Waals surface area contributed by atoms with Gasteiger partial charge in [-0.3, -0.25) is 14.5 Å². The van der Waals surface area contributed by atoms with Gasteiger partial charge in [0.25, 0.3) is 0 Å². The molecule has 122 valence electrons. The summed E-state index contributed by atoms with van der Waals surface area (Å²) in [6.07, 6.45) is 0. The molecule has 2 aliphatic heterocycles. The first kappa shape index (κ1) is 15.5. The van der Waals surface area contributed by atoms with Crippen LogP contribution in [-0.2, 0) is 16.1 Å². The fourth-order valence-corrected chi connectivity index (χ4v) is 2.68. The third kappa shape index (κ3) is 3.34. The highest BCUT2D eigenvalue weighted by atomic mass is 16.2. The van der Waals surface area contributed by atoms with Crippen molar-refractivity contribution in [1.82, 2.24) is 15.5 Å². The number of benzene rings is 1. The smallest absolute Gasteiger partial charge is 0.324 e. The molecule has 7 heteroatoms. The molecule has 0 saturated carbocycles. The largest absolute Gasteiger partial charge is 0.329 e. The summed E-state index contributed by atoms with van der Waals surface area (Å²) in [5.41, 5.74) is 1.48. The van der Waals surface area contributed by atoms with Crippen LogP contribution < -0.4 is 16.0 Å². The van der Waals surface area contributed by atoms with Gasteiger partial charge in [-0.2, -0.15) is 0 Å². The van der Waals surface area contributed by atoms with Gasteiger partial charge < -0.3 is 16.0 Å². The highest BCUT2D eigenvalue weighted by molar-refractivity contribution is 6.01. The van der Waals surface area contributed by atoms with Crippen LogP contribution in [0.1, 0.15) is 12.5 Å². The Morgan fingerprint density at radius 1 is 1.39 bits per heavy atom. The van der Waals surface area contributed by atoms with Crippen LogP contribution >= 0.6 is 0 Å². The van der Waals surface area contributed by atoms with Crippen molar-refractivity contribution in [2.24, 2.45) is 11.8 Å². The molecule has 1 aromatic carbocycles. The molecule has 1 aromatic rings. The molecule has 0 aliphatic carbocycles. The zero-order valence-corrected chi connectivity index (χ0v) is 13.0. The Kier molecular flexibility index (Phi) is 4.29. The van der Waals surface area contributed by atoms with Crippen molar-refractivity contribution in [2.75, 3.05) is 25.0 Å². The average Bonchev–Trinajstić information content (AvgIpc) is 2.78. The van der Waals surface area contributed by atoms with Gasteiger partial charge in [0.2, 0.25) is 11.8 Å². The van der Waals surface area contributed by atoms with Crippen molar-refractivity contribution in [3.05, 3.63) is 29.8 Å². The highest BCUT2D eigenvalue weighted by Crippen LogP contribution is 2.19. The maximum atomic E-state index is 12.2. The second-order valence-electron chi connectivity index (χ2n) is 6.04. The lowest BCUT2D eigenvalue weighted by atomic mass is 9.88. The lowest BCUT2D eigenvalue weighted by Gasteiger charge is -2.31. The van der Waals surface area contributed by atoms with Crippen LogP contribution in [0.3, 0.4) is 0 Å². The fourth-order valence-electron chi connectivity index (χ4n) is 2.68. The molecule has 2 aliphatic rings. The van der Waals surface area contributed by atoms with Crippen molar-refractivity contribution in [2.45, 2.75) is 13.5 Å². The van der Waals surface area contributed by atoms with E-state index in [1.165, 1.54) is 4.90 Å². The average molecular weight is 316 g/mol. The Morgan fingerprint density at radius 2 is 2.17 bits per heavy atom. The Labute approximate surface area is 134 Å². The van der Waals surface area contributed by atoms with Crippen LogP contribution in [-0.4, -0.2) is 42.4 Å². The van der Waals surface area contributed by atoms with Gasteiger partial charge in [0.05, 0.1) is 13.1 Å². The first-order chi connectivity index (χ1) is 11.0. The minimum Gasteiger partial charge on any atom is -0.329 e. The van der Waals surface area contributed by atoms with Crippen LogP contribution in [0.5, 0.6) is 0 Å². The second-order valence-corrected chi connectivity index (χ2v) is 6.04. The van der Waals surface area contributed by atoms with Gasteiger partial charge in [-0.05, 0) is 36.7 Å². The number of amides is 4. The maximum absolute atomic E-state index is 12.2. The Balaban J connectivity index is 1.64. The third-order valence-corrected chi connectivity index (χ3v) is 4.41. The topological polar surface area (TPSA) is 90.5 Å². The van der Waals surface area contributed by atoms with E-state index in [0.29, 0.717) is 11.6 Å². The van der Waals surface area contributed by atoms with Crippen molar-refractivity contribution >= 4 is 23.5 Å². The van der Waals surface area contributed by atoms with E-state index in [1.54, 1.807) is 18.2 Å². The third-order valence-electron chi connectivity index (χ3n) is 4.41. The van der Waals surface area contributed by atoms with E-state index in [9.17, 15) is 14.4 Å². The maximum Gasteiger partial charge on any atom is 0.324 e. The molecular formula is C16H20N4O3. The van der Waals surface area contributed by atoms with E-state index in [-0.39, 0.29) is 36.9 Å². The van der Waals surface area contributed by atoms with Crippen LogP contribution in [0.4, 0.5) is 10.5 Å². The summed E-state index contributed by atoms with van der Waals surface area (Å²) < 4.78 is 0. The van der Waals surface area contributed by atoms with Crippen molar-refractivity contribution < 1.29 is 14.4 Å². The van der Waals surface area contributed by atoms with Crippen LogP contribution in [0.2, 0.25) is 0 Å². The molecule has 4 amide bonds. The van der Waals surface area contributed by atoms with Gasteiger partial charge in [0.15, 0.2) is 0 Å². The second kappa shape index (κ2) is 6.37. The first-order valence-corrected chi connectivity index (χ1v) is 7.73. The summed E-state index contributed by atoms with van der Waals surface area (Å²) in [6.45, 7) is 3.93. The lowest BCUT2D eigenvalue weighted by molar-refractivity contribution is -0.125. The highest BCUT2D eigenvalue weighted by Gasteiger charge is 2.29. The summed E-state index contributed by atoms with van der Waals surface area (Å²) in [4.78, 5) is 36.6. The summed E-state index contributed by atoms with van der Waals surface area (Å²) in [5, 5.41) is 8.56. The molecule has 3 rings (SSSR count). The van der Waals surface area contributed by atoms with Gasteiger partial charge >= 0.3 is 6.03 Å². The standard InChI is InChI=1S/C16H20N4O3/c1-10(12-6-17-7-12)15(22)19-13-4-2-3-11(5-13)9-20-14(21)8-18-16(20)23/h2-5,10,12,17H,6-9H2,1H3,(H,18,23)(H,19,22). The summed E-state index contributed by atoms with van der Waals surface area (Å²) in [7, 11) is 0. The molecule has 3 N–H and O–H groups in total. The van der Waals surface area contributed by atoms with Gasteiger partial charge in [0, 0.05) is 11.6 Å². The van der Waals surface area contributed by atoms with E-state index in [0.717, 1.165) is 18.7 Å². The van der Waals surface area contributed by atoms with Crippen LogP contribution in [0.15, 0.2) is 24.3 Å². The number of nitrogens with one attached hydrogen (secondary N) is 3. The molecule has 2 fully saturated rings. The Bertz CT molecular complexity index is 626. The fraction of sp³-hybridized carbons (Fsp3) is 0.438. The number of hydrogen-bond donors (Lipinski definition) is 3. The quantitative estimate of drug-likeness (QED) is 0.691. The number of carbonyl (C=O) groups is 3. The SMILES string of the molecule is CC(C(=O)Nc1cccc(CN2C(=O)CNC2=O)c1)C1CNC1. The van der Waals surface area contributed by atoms with E-state index in [4.69, 9.17) is 0 Å². The summed E-state index contributed by atoms with van der Waals surface area (Å²) >= 11 is 0. The minimum absolute atomic E-state index is 0.0105. The number of rotatable bonds is 5. The van der Waals surface area contributed by atoms with E-state index in [2.05, 4.69) is 16.0 Å². The predicted molar refractivity (Wildman–Crippen MR) is 84.5 cm³/mol. The molecule has 0 radical (unpaired) electrons. The number of imide groups is 1. The van der Waals surface area contributed by atoms with E-state index >= 15 is 0 Å². The van der Waals surface area contributed by atoms with Gasteiger partial charge in [-0.15, -0.1) is 0 Å². The molecule has 1 atom stereocenters. The predicted octanol–water partition coefficient (Wildman–Crippen LogP) is 0.532. The first-order valence-electron chi connectivity index (χ1n) is 7.73. The zero-order chi connectivity index (χ0) is 16.4. The Hall–Kier alpha value is -2.41. The molecular weight excluding hydrogens is 296 g/mol. The molecule has 0 spiro atoms. The van der Waals surface area contributed by atoms with Gasteiger partial charge in [0.1, 0.15) is 0 Å². The van der Waals surface area contributed by atoms with Gasteiger partial charge in [-0.1, -0.05) is 19.1 Å². The van der Waals surface area contributed by atoms with Crippen LogP contribution in [0.25, 0.3) is 0 Å². The van der Waals surface area contributed by atoms with Crippen molar-refractivity contribution in [1.29, 1.82) is 0 Å². The molecule has 2 heterocycles. The molecule has 1 unspecified atom stereocenters. The summed E-state index contributed by atoms with van der Waals surface area (Å²) in [5.74, 6) is 0.0779. The molecule has 0 bridgehead atoms. The molecule has 2 saturated heterocycles. The zero-order valence-electron chi connectivity index (χ0n) is 13.0. The lowest BCUT2D eigenvalue weighted by Crippen LogP contribution is -2.48. The number of carbonyl (C=O) groups excluding carboxylic acids is 3. The van der Waals surface area contributed by atoms with E-state index in [1.807, 2.05) is 13.0 Å². The van der Waals surface area contributed by atoms with Crippen molar-refractivity contribution in [3.8, 4) is 0 Å². The number of hydrogen-bond acceptors (Lipinski definition) is 4. The van der Waals surface area contributed by atoms with Crippen LogP contribution in [0, 0.1) is 11.8 Å². The van der Waals surface area contributed by atoms with Gasteiger partial charge in [-0.25, -0.2) is 4.79 Å². The monoisotopic (exact) mass is 316 g/mol. The molecule has 7 nitrogen and oxygen atoms in total. The Morgan fingerprint density at radius 3 is 2.78 bits per heavy atom. The number of nitrogens with zero attached hydrogens (tertiary/aromatic N) is 1. The normalized spacial score (nSPS) is 19.3. The summed E-state index contributed by atoms with van der Waals surface area (Å²) in [6, 6.07) is 6.85. The minimum atomic E-state index is -0.379. The number of anilines is 1. The van der Waals surface area contributed by atoms with E-state index < -0.39 is 0 Å².